The Balaban J connectivity index is 1.99. The molecule has 0 amide bonds. The molecule has 2 N–H and O–H groups in total. The first kappa shape index (κ1) is 14.4. The van der Waals surface area contributed by atoms with Gasteiger partial charge in [-0.15, -0.1) is 0 Å². The summed E-state index contributed by atoms with van der Waals surface area (Å²) >= 11 is 0. The van der Waals surface area contributed by atoms with Crippen LogP contribution in [0.2, 0.25) is 0 Å². The van der Waals surface area contributed by atoms with Crippen molar-refractivity contribution in [3.8, 4) is 5.75 Å². The molecule has 0 bridgehead atoms. The summed E-state index contributed by atoms with van der Waals surface area (Å²) in [7, 11) is 2.06. The highest BCUT2D eigenvalue weighted by molar-refractivity contribution is 5.45. The average molecular weight is 270 g/mol. The zero-order chi connectivity index (χ0) is 14.4. The number of ether oxygens (including phenoxy) is 1. The molecule has 1 unspecified atom stereocenters. The van der Waals surface area contributed by atoms with Crippen LogP contribution in [0.4, 0.5) is 5.69 Å². The minimum absolute atomic E-state index is 0.0177. The Bertz CT molecular complexity index is 510. The van der Waals surface area contributed by atoms with Gasteiger partial charge in [0.05, 0.1) is 6.61 Å². The van der Waals surface area contributed by atoms with Crippen molar-refractivity contribution in [2.75, 3.05) is 25.1 Å². The highest BCUT2D eigenvalue weighted by Crippen LogP contribution is 2.19. The molecule has 0 radical (unpaired) electrons. The van der Waals surface area contributed by atoms with E-state index < -0.39 is 0 Å². The summed E-state index contributed by atoms with van der Waals surface area (Å²) in [5, 5.41) is 0. The molecular weight excluding hydrogens is 248 g/mol. The quantitative estimate of drug-likeness (QED) is 0.876. The van der Waals surface area contributed by atoms with Crippen molar-refractivity contribution < 1.29 is 4.74 Å². The van der Waals surface area contributed by atoms with Crippen LogP contribution in [0.5, 0.6) is 5.75 Å². The lowest BCUT2D eigenvalue weighted by atomic mass is 10.1. The van der Waals surface area contributed by atoms with Crippen LogP contribution in [0.15, 0.2) is 54.6 Å². The number of hydrogen-bond donors (Lipinski definition) is 1. The number of nitrogens with two attached hydrogens (primary N) is 1. The van der Waals surface area contributed by atoms with Crippen molar-refractivity contribution in [2.45, 2.75) is 13.0 Å². The van der Waals surface area contributed by atoms with E-state index in [4.69, 9.17) is 10.5 Å². The second-order valence-corrected chi connectivity index (χ2v) is 4.82. The van der Waals surface area contributed by atoms with Crippen LogP contribution >= 0.6 is 0 Å². The third-order valence-electron chi connectivity index (χ3n) is 3.29. The summed E-state index contributed by atoms with van der Waals surface area (Å²) in [6.07, 6.45) is 0. The molecule has 0 aliphatic rings. The predicted octanol–water partition coefficient (Wildman–Crippen LogP) is 3.22. The summed E-state index contributed by atoms with van der Waals surface area (Å²) in [4.78, 5) is 2.17. The molecule has 0 heterocycles. The summed E-state index contributed by atoms with van der Waals surface area (Å²) in [6.45, 7) is 3.44. The largest absolute Gasteiger partial charge is 0.494 e. The monoisotopic (exact) mass is 270 g/mol. The molecule has 0 fully saturated rings. The van der Waals surface area contributed by atoms with Crippen molar-refractivity contribution in [2.24, 2.45) is 5.73 Å². The van der Waals surface area contributed by atoms with Gasteiger partial charge < -0.3 is 15.4 Å². The van der Waals surface area contributed by atoms with E-state index in [1.165, 1.54) is 5.69 Å². The lowest BCUT2D eigenvalue weighted by Gasteiger charge is -2.23. The predicted molar refractivity (Wildman–Crippen MR) is 84.3 cm³/mol. The lowest BCUT2D eigenvalue weighted by Crippen LogP contribution is -2.28. The summed E-state index contributed by atoms with van der Waals surface area (Å²) in [5.74, 6) is 0.889. The van der Waals surface area contributed by atoms with Gasteiger partial charge >= 0.3 is 0 Å². The van der Waals surface area contributed by atoms with Gasteiger partial charge in [0.1, 0.15) is 5.75 Å². The molecule has 0 saturated carbocycles. The zero-order valence-electron chi connectivity index (χ0n) is 12.1. The number of likely N-dealkylation sites (N-methyl/N-ethyl adjacent to an activating group) is 1. The van der Waals surface area contributed by atoms with Gasteiger partial charge in [-0.3, -0.25) is 0 Å². The number of para-hydroxylation sites is 1. The van der Waals surface area contributed by atoms with Crippen LogP contribution in [0, 0.1) is 0 Å². The Labute approximate surface area is 121 Å². The van der Waals surface area contributed by atoms with E-state index in [-0.39, 0.29) is 6.04 Å². The van der Waals surface area contributed by atoms with Gasteiger partial charge in [0.25, 0.3) is 0 Å². The van der Waals surface area contributed by atoms with Gasteiger partial charge in [0.15, 0.2) is 0 Å². The smallest absolute Gasteiger partial charge is 0.119 e. The maximum absolute atomic E-state index is 6.27. The number of rotatable bonds is 6. The molecule has 0 aliphatic heterocycles. The highest BCUT2D eigenvalue weighted by atomic mass is 16.5. The fraction of sp³-hybridized carbons (Fsp3) is 0.294. The fourth-order valence-electron chi connectivity index (χ4n) is 2.17. The molecule has 0 spiro atoms. The van der Waals surface area contributed by atoms with Crippen molar-refractivity contribution in [3.05, 3.63) is 60.2 Å². The van der Waals surface area contributed by atoms with Crippen molar-refractivity contribution in [1.29, 1.82) is 0 Å². The standard InChI is InChI=1S/C17H22N2O/c1-3-20-16-11-9-14(10-12-16)17(18)13-19(2)15-7-5-4-6-8-15/h4-12,17H,3,13,18H2,1-2H3. The second kappa shape index (κ2) is 6.96. The van der Waals surface area contributed by atoms with Gasteiger partial charge in [-0.05, 0) is 36.8 Å². The minimum Gasteiger partial charge on any atom is -0.494 e. The van der Waals surface area contributed by atoms with E-state index in [1.54, 1.807) is 0 Å². The van der Waals surface area contributed by atoms with Crippen molar-refractivity contribution in [1.82, 2.24) is 0 Å². The van der Waals surface area contributed by atoms with Crippen molar-refractivity contribution >= 4 is 5.69 Å². The first-order chi connectivity index (χ1) is 9.70. The molecule has 2 rings (SSSR count). The van der Waals surface area contributed by atoms with Crippen LogP contribution in [-0.4, -0.2) is 20.2 Å². The zero-order valence-corrected chi connectivity index (χ0v) is 12.1. The Hall–Kier alpha value is -2.00. The molecule has 2 aromatic carbocycles. The van der Waals surface area contributed by atoms with E-state index in [9.17, 15) is 0 Å². The number of benzene rings is 2. The van der Waals surface area contributed by atoms with E-state index in [0.717, 1.165) is 17.9 Å². The molecule has 106 valence electrons. The molecule has 1 atom stereocenters. The van der Waals surface area contributed by atoms with Gasteiger partial charge in [-0.2, -0.15) is 0 Å². The third kappa shape index (κ3) is 3.75. The van der Waals surface area contributed by atoms with E-state index in [0.29, 0.717) is 6.61 Å². The topological polar surface area (TPSA) is 38.5 Å². The Morgan fingerprint density at radius 1 is 1.05 bits per heavy atom. The average Bonchev–Trinajstić information content (AvgIpc) is 2.49. The fourth-order valence-corrected chi connectivity index (χ4v) is 2.17. The van der Waals surface area contributed by atoms with Gasteiger partial charge in [0, 0.05) is 25.3 Å². The SMILES string of the molecule is CCOc1ccc(C(N)CN(C)c2ccccc2)cc1. The lowest BCUT2D eigenvalue weighted by molar-refractivity contribution is 0.340. The number of hydrogen-bond acceptors (Lipinski definition) is 3. The van der Waals surface area contributed by atoms with Crippen molar-refractivity contribution in [3.63, 3.8) is 0 Å². The van der Waals surface area contributed by atoms with Crippen LogP contribution < -0.4 is 15.4 Å². The second-order valence-electron chi connectivity index (χ2n) is 4.82. The Kier molecular flexibility index (Phi) is 5.02. The van der Waals surface area contributed by atoms with Gasteiger partial charge in [-0.25, -0.2) is 0 Å². The molecular formula is C17H22N2O. The molecule has 3 nitrogen and oxygen atoms in total. The Morgan fingerprint density at radius 3 is 2.30 bits per heavy atom. The summed E-state index contributed by atoms with van der Waals surface area (Å²) < 4.78 is 5.44. The molecule has 2 aromatic rings. The molecule has 0 aromatic heterocycles. The van der Waals surface area contributed by atoms with Gasteiger partial charge in [-0.1, -0.05) is 30.3 Å². The maximum atomic E-state index is 6.27. The molecule has 0 saturated heterocycles. The third-order valence-corrected chi connectivity index (χ3v) is 3.29. The first-order valence-electron chi connectivity index (χ1n) is 6.95. The highest BCUT2D eigenvalue weighted by Gasteiger charge is 2.10. The summed E-state index contributed by atoms with van der Waals surface area (Å²) in [5.41, 5.74) is 8.57. The summed E-state index contributed by atoms with van der Waals surface area (Å²) in [6, 6.07) is 18.3. The molecule has 20 heavy (non-hydrogen) atoms. The van der Waals surface area contributed by atoms with Crippen LogP contribution in [0.3, 0.4) is 0 Å². The maximum Gasteiger partial charge on any atom is 0.119 e. The van der Waals surface area contributed by atoms with Crippen LogP contribution in [0.1, 0.15) is 18.5 Å². The normalized spacial score (nSPS) is 11.9. The number of anilines is 1. The Morgan fingerprint density at radius 2 is 1.70 bits per heavy atom. The minimum atomic E-state index is -0.0177. The van der Waals surface area contributed by atoms with Crippen LogP contribution in [0.25, 0.3) is 0 Å². The van der Waals surface area contributed by atoms with Crippen LogP contribution in [-0.2, 0) is 0 Å². The van der Waals surface area contributed by atoms with E-state index in [2.05, 4.69) is 24.1 Å². The first-order valence-corrected chi connectivity index (χ1v) is 6.95. The van der Waals surface area contributed by atoms with E-state index >= 15 is 0 Å². The van der Waals surface area contributed by atoms with Gasteiger partial charge in [0.2, 0.25) is 0 Å². The molecule has 3 heteroatoms. The van der Waals surface area contributed by atoms with E-state index in [1.807, 2.05) is 49.4 Å². The molecule has 0 aliphatic carbocycles. The number of nitrogens with zero attached hydrogens (tertiary/aromatic N) is 1.